The maximum absolute atomic E-state index is 12.5. The Morgan fingerprint density at radius 3 is 2.96 bits per heavy atom. The number of nitrogens with zero attached hydrogens (tertiary/aromatic N) is 4. The predicted molar refractivity (Wildman–Crippen MR) is 85.8 cm³/mol. The first-order chi connectivity index (χ1) is 11.1. The van der Waals surface area contributed by atoms with Crippen LogP contribution in [0.4, 0.5) is 0 Å². The van der Waals surface area contributed by atoms with E-state index in [9.17, 15) is 9.59 Å². The molecule has 2 fully saturated rings. The summed E-state index contributed by atoms with van der Waals surface area (Å²) in [6, 6.07) is 1.95. The fourth-order valence-electron chi connectivity index (χ4n) is 3.48. The van der Waals surface area contributed by atoms with Crippen LogP contribution in [0, 0.1) is 6.92 Å². The van der Waals surface area contributed by atoms with Crippen LogP contribution in [-0.4, -0.2) is 57.8 Å². The van der Waals surface area contributed by atoms with Gasteiger partial charge in [0.1, 0.15) is 5.82 Å². The number of piperidine rings is 1. The molecule has 2 aliphatic rings. The van der Waals surface area contributed by atoms with Crippen LogP contribution in [0.1, 0.15) is 49.5 Å². The molecule has 1 aromatic rings. The summed E-state index contributed by atoms with van der Waals surface area (Å²) in [7, 11) is 0. The third-order valence-corrected chi connectivity index (χ3v) is 4.76. The summed E-state index contributed by atoms with van der Waals surface area (Å²) in [5, 5.41) is 0. The summed E-state index contributed by atoms with van der Waals surface area (Å²) in [6.45, 7) is 4.79. The van der Waals surface area contributed by atoms with Gasteiger partial charge < -0.3 is 9.80 Å². The van der Waals surface area contributed by atoms with Gasteiger partial charge in [-0.3, -0.25) is 9.59 Å². The van der Waals surface area contributed by atoms with Crippen molar-refractivity contribution in [3.8, 4) is 0 Å². The third kappa shape index (κ3) is 3.86. The zero-order valence-corrected chi connectivity index (χ0v) is 13.7. The highest BCUT2D eigenvalue weighted by atomic mass is 16.2. The van der Waals surface area contributed by atoms with Crippen molar-refractivity contribution in [3.05, 3.63) is 23.8 Å². The lowest BCUT2D eigenvalue weighted by atomic mass is 9.94. The minimum absolute atomic E-state index is 0.153. The number of aromatic nitrogens is 2. The van der Waals surface area contributed by atoms with Crippen LogP contribution in [-0.2, 0) is 9.59 Å². The van der Waals surface area contributed by atoms with E-state index in [0.717, 1.165) is 50.4 Å². The number of amides is 2. The number of hydrogen-bond acceptors (Lipinski definition) is 4. The van der Waals surface area contributed by atoms with E-state index in [1.807, 2.05) is 22.8 Å². The lowest BCUT2D eigenvalue weighted by Gasteiger charge is -2.33. The average Bonchev–Trinajstić information content (AvgIpc) is 2.98. The highest BCUT2D eigenvalue weighted by molar-refractivity contribution is 5.80. The summed E-state index contributed by atoms with van der Waals surface area (Å²) in [4.78, 5) is 36.5. The van der Waals surface area contributed by atoms with Crippen molar-refractivity contribution in [1.82, 2.24) is 19.8 Å². The molecule has 1 aromatic heterocycles. The van der Waals surface area contributed by atoms with Crippen LogP contribution >= 0.6 is 0 Å². The second-order valence-electron chi connectivity index (χ2n) is 6.44. The summed E-state index contributed by atoms with van der Waals surface area (Å²) in [5.74, 6) is 1.41. The molecule has 0 bridgehead atoms. The Balaban J connectivity index is 1.55. The van der Waals surface area contributed by atoms with Crippen molar-refractivity contribution in [2.45, 2.75) is 44.9 Å². The molecule has 0 spiro atoms. The van der Waals surface area contributed by atoms with Gasteiger partial charge in [0, 0.05) is 56.8 Å². The van der Waals surface area contributed by atoms with Gasteiger partial charge in [-0.25, -0.2) is 9.97 Å². The van der Waals surface area contributed by atoms with Crippen molar-refractivity contribution in [1.29, 1.82) is 0 Å². The normalized spacial score (nSPS) is 21.8. The summed E-state index contributed by atoms with van der Waals surface area (Å²) in [6.07, 6.45) is 5.84. The topological polar surface area (TPSA) is 66.4 Å². The van der Waals surface area contributed by atoms with Gasteiger partial charge in [-0.15, -0.1) is 0 Å². The Labute approximate surface area is 136 Å². The molecule has 3 rings (SSSR count). The molecule has 0 saturated carbocycles. The van der Waals surface area contributed by atoms with Crippen molar-refractivity contribution < 1.29 is 9.59 Å². The van der Waals surface area contributed by atoms with Crippen molar-refractivity contribution in [3.63, 3.8) is 0 Å². The standard InChI is InChI=1S/C17H24N4O2/c1-13-18-8-6-15(19-13)14-4-2-10-21(12-14)17(23)7-11-20-9-3-5-16(20)22/h6,8,14H,2-5,7,9-12H2,1H3/t14-/m0/s1. The quantitative estimate of drug-likeness (QED) is 0.844. The van der Waals surface area contributed by atoms with Crippen LogP contribution in [0.25, 0.3) is 0 Å². The largest absolute Gasteiger partial charge is 0.342 e. The summed E-state index contributed by atoms with van der Waals surface area (Å²) in [5.41, 5.74) is 1.03. The first-order valence-corrected chi connectivity index (χ1v) is 8.48. The first-order valence-electron chi connectivity index (χ1n) is 8.48. The molecular formula is C17H24N4O2. The second kappa shape index (κ2) is 7.06. The van der Waals surface area contributed by atoms with E-state index in [-0.39, 0.29) is 11.8 Å². The van der Waals surface area contributed by atoms with Gasteiger partial charge in [-0.2, -0.15) is 0 Å². The maximum Gasteiger partial charge on any atom is 0.224 e. The molecule has 2 aliphatic heterocycles. The fourth-order valence-corrected chi connectivity index (χ4v) is 3.48. The molecule has 2 amide bonds. The molecule has 23 heavy (non-hydrogen) atoms. The molecule has 2 saturated heterocycles. The van der Waals surface area contributed by atoms with Crippen LogP contribution in [0.5, 0.6) is 0 Å². The Hall–Kier alpha value is -1.98. The third-order valence-electron chi connectivity index (χ3n) is 4.76. The molecule has 124 valence electrons. The van der Waals surface area contributed by atoms with Gasteiger partial charge in [-0.1, -0.05) is 0 Å². The molecule has 6 nitrogen and oxygen atoms in total. The molecule has 0 N–H and O–H groups in total. The zero-order valence-electron chi connectivity index (χ0n) is 13.7. The molecule has 6 heteroatoms. The minimum atomic E-state index is 0.153. The molecular weight excluding hydrogens is 292 g/mol. The summed E-state index contributed by atoms with van der Waals surface area (Å²) < 4.78 is 0. The minimum Gasteiger partial charge on any atom is -0.342 e. The number of rotatable bonds is 4. The zero-order chi connectivity index (χ0) is 16.2. The monoisotopic (exact) mass is 316 g/mol. The molecule has 0 unspecified atom stereocenters. The van der Waals surface area contributed by atoms with Gasteiger partial charge in [0.15, 0.2) is 0 Å². The lowest BCUT2D eigenvalue weighted by molar-refractivity contribution is -0.133. The van der Waals surface area contributed by atoms with E-state index < -0.39 is 0 Å². The van der Waals surface area contributed by atoms with Gasteiger partial charge in [0.2, 0.25) is 11.8 Å². The van der Waals surface area contributed by atoms with E-state index in [2.05, 4.69) is 9.97 Å². The molecule has 0 aromatic carbocycles. The number of aryl methyl sites for hydroxylation is 1. The Kier molecular flexibility index (Phi) is 4.88. The Morgan fingerprint density at radius 2 is 2.22 bits per heavy atom. The molecule has 0 radical (unpaired) electrons. The van der Waals surface area contributed by atoms with E-state index >= 15 is 0 Å². The van der Waals surface area contributed by atoms with E-state index in [0.29, 0.717) is 25.3 Å². The number of hydrogen-bond donors (Lipinski definition) is 0. The van der Waals surface area contributed by atoms with Crippen molar-refractivity contribution >= 4 is 11.8 Å². The average molecular weight is 316 g/mol. The van der Waals surface area contributed by atoms with E-state index in [1.54, 1.807) is 6.20 Å². The molecule has 0 aliphatic carbocycles. The van der Waals surface area contributed by atoms with Gasteiger partial charge >= 0.3 is 0 Å². The lowest BCUT2D eigenvalue weighted by Crippen LogP contribution is -2.41. The fraction of sp³-hybridized carbons (Fsp3) is 0.647. The first kappa shape index (κ1) is 15.9. The SMILES string of the molecule is Cc1nccc([C@H]2CCCN(C(=O)CCN3CCCC3=O)C2)n1. The van der Waals surface area contributed by atoms with Crippen LogP contribution in [0.3, 0.4) is 0 Å². The molecule has 1 atom stereocenters. The van der Waals surface area contributed by atoms with Crippen LogP contribution < -0.4 is 0 Å². The van der Waals surface area contributed by atoms with Gasteiger partial charge in [0.25, 0.3) is 0 Å². The second-order valence-corrected chi connectivity index (χ2v) is 6.44. The Bertz CT molecular complexity index is 590. The predicted octanol–water partition coefficient (Wildman–Crippen LogP) is 1.50. The van der Waals surface area contributed by atoms with E-state index in [4.69, 9.17) is 0 Å². The van der Waals surface area contributed by atoms with Crippen LogP contribution in [0.15, 0.2) is 12.3 Å². The number of carbonyl (C=O) groups excluding carboxylic acids is 2. The smallest absolute Gasteiger partial charge is 0.224 e. The summed E-state index contributed by atoms with van der Waals surface area (Å²) >= 11 is 0. The van der Waals surface area contributed by atoms with E-state index in [1.165, 1.54) is 0 Å². The van der Waals surface area contributed by atoms with Crippen molar-refractivity contribution in [2.75, 3.05) is 26.2 Å². The highest BCUT2D eigenvalue weighted by Gasteiger charge is 2.27. The highest BCUT2D eigenvalue weighted by Crippen LogP contribution is 2.25. The van der Waals surface area contributed by atoms with Gasteiger partial charge in [-0.05, 0) is 32.3 Å². The number of likely N-dealkylation sites (tertiary alicyclic amines) is 2. The Morgan fingerprint density at radius 1 is 1.35 bits per heavy atom. The van der Waals surface area contributed by atoms with Crippen molar-refractivity contribution in [2.24, 2.45) is 0 Å². The maximum atomic E-state index is 12.5. The van der Waals surface area contributed by atoms with Gasteiger partial charge in [0.05, 0.1) is 0 Å². The molecule has 3 heterocycles. The number of carbonyl (C=O) groups is 2. The van der Waals surface area contributed by atoms with Crippen LogP contribution in [0.2, 0.25) is 0 Å².